The molecule has 1 aliphatic heterocycles. The lowest BCUT2D eigenvalue weighted by Crippen LogP contribution is -2.06. The fraction of sp³-hybridized carbons (Fsp3) is 0.545. The molecule has 3 N–H and O–H groups in total. The molecule has 3 heterocycles. The number of anilines is 1. The van der Waals surface area contributed by atoms with Gasteiger partial charge in [-0.25, -0.2) is 15.0 Å². The Morgan fingerprint density at radius 1 is 1.47 bits per heavy atom. The summed E-state index contributed by atoms with van der Waals surface area (Å²) >= 11 is 0. The van der Waals surface area contributed by atoms with Gasteiger partial charge in [0.05, 0.1) is 6.10 Å². The van der Waals surface area contributed by atoms with Gasteiger partial charge >= 0.3 is 0 Å². The zero-order valence-electron chi connectivity index (χ0n) is 9.52. The number of hydrogen-bond donors (Lipinski definition) is 2. The largest absolute Gasteiger partial charge is 0.382 e. The number of aryl methyl sites for hydroxylation is 1. The molecule has 0 saturated carbocycles. The predicted octanol–water partition coefficient (Wildman–Crippen LogP) is 1.05. The zero-order valence-corrected chi connectivity index (χ0v) is 9.52. The molecule has 0 amide bonds. The van der Waals surface area contributed by atoms with Gasteiger partial charge in [-0.2, -0.15) is 0 Å². The minimum absolute atomic E-state index is 0.381. The highest BCUT2D eigenvalue weighted by Crippen LogP contribution is 2.19. The maximum Gasteiger partial charge on any atom is 0.183 e. The maximum atomic E-state index is 5.74. The van der Waals surface area contributed by atoms with Crippen LogP contribution in [0.25, 0.3) is 11.2 Å². The molecule has 90 valence electrons. The molecule has 1 fully saturated rings. The average molecular weight is 233 g/mol. The Morgan fingerprint density at radius 3 is 3.18 bits per heavy atom. The molecule has 0 spiro atoms. The second kappa shape index (κ2) is 4.29. The Labute approximate surface area is 98.6 Å². The Hall–Kier alpha value is -1.69. The summed E-state index contributed by atoms with van der Waals surface area (Å²) in [7, 11) is 0. The molecule has 6 nitrogen and oxygen atoms in total. The number of nitrogens with zero attached hydrogens (tertiary/aromatic N) is 3. The van der Waals surface area contributed by atoms with E-state index in [-0.39, 0.29) is 0 Å². The number of H-pyrrole nitrogens is 1. The second-order valence-corrected chi connectivity index (χ2v) is 4.31. The first-order valence-corrected chi connectivity index (χ1v) is 5.89. The van der Waals surface area contributed by atoms with Crippen LogP contribution in [0.1, 0.15) is 25.1 Å². The van der Waals surface area contributed by atoms with E-state index in [0.717, 1.165) is 37.2 Å². The van der Waals surface area contributed by atoms with Crippen LogP contribution in [0.15, 0.2) is 6.33 Å². The number of nitrogens with two attached hydrogens (primary N) is 1. The summed E-state index contributed by atoms with van der Waals surface area (Å²) < 4.78 is 5.58. The highest BCUT2D eigenvalue weighted by molar-refractivity contribution is 5.80. The summed E-state index contributed by atoms with van der Waals surface area (Å²) in [5.41, 5.74) is 7.11. The highest BCUT2D eigenvalue weighted by atomic mass is 16.5. The van der Waals surface area contributed by atoms with E-state index in [2.05, 4.69) is 19.9 Å². The quantitative estimate of drug-likeness (QED) is 0.826. The fourth-order valence-corrected chi connectivity index (χ4v) is 2.18. The SMILES string of the molecule is Nc1ncnc2nc(CCC3CCCO3)[nH]c12. The highest BCUT2D eigenvalue weighted by Gasteiger charge is 2.16. The van der Waals surface area contributed by atoms with Crippen molar-refractivity contribution in [1.29, 1.82) is 0 Å². The van der Waals surface area contributed by atoms with Gasteiger partial charge in [0.15, 0.2) is 11.5 Å². The first-order valence-electron chi connectivity index (χ1n) is 5.89. The molecule has 1 unspecified atom stereocenters. The van der Waals surface area contributed by atoms with E-state index in [1.807, 2.05) is 0 Å². The van der Waals surface area contributed by atoms with Gasteiger partial charge in [0.25, 0.3) is 0 Å². The molecule has 1 atom stereocenters. The molecular weight excluding hydrogens is 218 g/mol. The number of fused-ring (bicyclic) bond motifs is 1. The molecule has 3 rings (SSSR count). The van der Waals surface area contributed by atoms with Crippen molar-refractivity contribution in [3.05, 3.63) is 12.2 Å². The van der Waals surface area contributed by atoms with Crippen LogP contribution in [0, 0.1) is 0 Å². The molecule has 0 aliphatic carbocycles. The Bertz CT molecular complexity index is 518. The molecule has 17 heavy (non-hydrogen) atoms. The monoisotopic (exact) mass is 233 g/mol. The predicted molar refractivity (Wildman–Crippen MR) is 63.4 cm³/mol. The fourth-order valence-electron chi connectivity index (χ4n) is 2.18. The third kappa shape index (κ3) is 2.08. The van der Waals surface area contributed by atoms with Crippen LogP contribution in [0.4, 0.5) is 5.82 Å². The normalized spacial score (nSPS) is 20.1. The maximum absolute atomic E-state index is 5.74. The van der Waals surface area contributed by atoms with E-state index >= 15 is 0 Å². The molecule has 6 heteroatoms. The van der Waals surface area contributed by atoms with Gasteiger partial charge in [0.2, 0.25) is 0 Å². The number of imidazole rings is 1. The number of nitrogen functional groups attached to an aromatic ring is 1. The van der Waals surface area contributed by atoms with Crippen LogP contribution in [-0.2, 0) is 11.2 Å². The van der Waals surface area contributed by atoms with Crippen LogP contribution in [0.2, 0.25) is 0 Å². The van der Waals surface area contributed by atoms with E-state index in [4.69, 9.17) is 10.5 Å². The van der Waals surface area contributed by atoms with Crippen molar-refractivity contribution in [2.45, 2.75) is 31.8 Å². The smallest absolute Gasteiger partial charge is 0.183 e. The van der Waals surface area contributed by atoms with Crippen molar-refractivity contribution >= 4 is 17.0 Å². The molecule has 2 aromatic rings. The van der Waals surface area contributed by atoms with Crippen molar-refractivity contribution in [1.82, 2.24) is 19.9 Å². The summed E-state index contributed by atoms with van der Waals surface area (Å²) in [5.74, 6) is 1.36. The molecule has 1 aliphatic rings. The van der Waals surface area contributed by atoms with Crippen molar-refractivity contribution in [3.63, 3.8) is 0 Å². The molecule has 0 radical (unpaired) electrons. The summed E-state index contributed by atoms with van der Waals surface area (Å²) in [6.45, 7) is 0.892. The van der Waals surface area contributed by atoms with E-state index in [0.29, 0.717) is 17.6 Å². The lowest BCUT2D eigenvalue weighted by molar-refractivity contribution is 0.104. The lowest BCUT2D eigenvalue weighted by atomic mass is 10.1. The minimum Gasteiger partial charge on any atom is -0.382 e. The van der Waals surface area contributed by atoms with Gasteiger partial charge < -0.3 is 15.5 Å². The van der Waals surface area contributed by atoms with Crippen molar-refractivity contribution in [2.75, 3.05) is 12.3 Å². The number of aromatic amines is 1. The van der Waals surface area contributed by atoms with Gasteiger partial charge in [-0.3, -0.25) is 0 Å². The number of aromatic nitrogens is 4. The van der Waals surface area contributed by atoms with Crippen LogP contribution in [-0.4, -0.2) is 32.6 Å². The van der Waals surface area contributed by atoms with Gasteiger partial charge in [0, 0.05) is 13.0 Å². The van der Waals surface area contributed by atoms with Crippen LogP contribution >= 0.6 is 0 Å². The zero-order chi connectivity index (χ0) is 11.7. The van der Waals surface area contributed by atoms with Crippen LogP contribution < -0.4 is 5.73 Å². The van der Waals surface area contributed by atoms with Gasteiger partial charge in [-0.1, -0.05) is 0 Å². The van der Waals surface area contributed by atoms with E-state index in [1.54, 1.807) is 0 Å². The first-order chi connectivity index (χ1) is 8.33. The Balaban J connectivity index is 1.74. The second-order valence-electron chi connectivity index (χ2n) is 4.31. The first kappa shape index (κ1) is 10.5. The number of ether oxygens (including phenoxy) is 1. The lowest BCUT2D eigenvalue weighted by Gasteiger charge is -2.06. The van der Waals surface area contributed by atoms with Gasteiger partial charge in [0.1, 0.15) is 17.7 Å². The molecule has 0 bridgehead atoms. The van der Waals surface area contributed by atoms with Gasteiger partial charge in [-0.15, -0.1) is 0 Å². The summed E-state index contributed by atoms with van der Waals surface area (Å²) in [5, 5.41) is 0. The third-order valence-electron chi connectivity index (χ3n) is 3.09. The van der Waals surface area contributed by atoms with Crippen LogP contribution in [0.5, 0.6) is 0 Å². The Morgan fingerprint density at radius 2 is 2.41 bits per heavy atom. The topological polar surface area (TPSA) is 89.7 Å². The minimum atomic E-state index is 0.381. The average Bonchev–Trinajstić information content (AvgIpc) is 2.95. The Kier molecular flexibility index (Phi) is 2.64. The third-order valence-corrected chi connectivity index (χ3v) is 3.09. The molecule has 0 aromatic carbocycles. The van der Waals surface area contributed by atoms with Crippen molar-refractivity contribution in [3.8, 4) is 0 Å². The number of nitrogens with one attached hydrogen (secondary N) is 1. The number of hydrogen-bond acceptors (Lipinski definition) is 5. The van der Waals surface area contributed by atoms with Gasteiger partial charge in [-0.05, 0) is 19.3 Å². The summed E-state index contributed by atoms with van der Waals surface area (Å²) in [6.07, 6.45) is 5.99. The summed E-state index contributed by atoms with van der Waals surface area (Å²) in [6, 6.07) is 0. The molecule has 1 saturated heterocycles. The molecular formula is C11H15N5O. The standard InChI is InChI=1S/C11H15N5O/c12-10-9-11(14-6-13-10)16-8(15-9)4-3-7-2-1-5-17-7/h6-7H,1-5H2,(H3,12,13,14,15,16). The number of rotatable bonds is 3. The van der Waals surface area contributed by atoms with E-state index in [9.17, 15) is 0 Å². The molecule has 2 aromatic heterocycles. The van der Waals surface area contributed by atoms with Crippen LogP contribution in [0.3, 0.4) is 0 Å². The summed E-state index contributed by atoms with van der Waals surface area (Å²) in [4.78, 5) is 15.6. The van der Waals surface area contributed by atoms with Crippen molar-refractivity contribution in [2.24, 2.45) is 0 Å². The van der Waals surface area contributed by atoms with E-state index < -0.39 is 0 Å². The van der Waals surface area contributed by atoms with E-state index in [1.165, 1.54) is 12.7 Å². The van der Waals surface area contributed by atoms with Crippen molar-refractivity contribution < 1.29 is 4.74 Å².